The SMILES string of the molecule is CN(CCc1ccccc1)C(=O)c1ccc(COc2ccccc2)cc1. The van der Waals surface area contributed by atoms with Gasteiger partial charge in [-0.15, -0.1) is 0 Å². The molecular weight excluding hydrogens is 322 g/mol. The molecule has 1 amide bonds. The summed E-state index contributed by atoms with van der Waals surface area (Å²) < 4.78 is 5.73. The molecular formula is C23H23NO2. The highest BCUT2D eigenvalue weighted by atomic mass is 16.5. The minimum absolute atomic E-state index is 0.0384. The molecule has 0 bridgehead atoms. The average molecular weight is 345 g/mol. The zero-order chi connectivity index (χ0) is 18.2. The predicted octanol–water partition coefficient (Wildman–Crippen LogP) is 4.58. The van der Waals surface area contributed by atoms with Crippen LogP contribution in [0.1, 0.15) is 21.5 Å². The van der Waals surface area contributed by atoms with Crippen LogP contribution in [0.5, 0.6) is 5.75 Å². The number of nitrogens with zero attached hydrogens (tertiary/aromatic N) is 1. The minimum Gasteiger partial charge on any atom is -0.489 e. The van der Waals surface area contributed by atoms with Gasteiger partial charge in [0.05, 0.1) is 0 Å². The smallest absolute Gasteiger partial charge is 0.253 e. The van der Waals surface area contributed by atoms with E-state index >= 15 is 0 Å². The lowest BCUT2D eigenvalue weighted by atomic mass is 10.1. The molecule has 0 atom stereocenters. The van der Waals surface area contributed by atoms with Crippen molar-refractivity contribution in [2.45, 2.75) is 13.0 Å². The van der Waals surface area contributed by atoms with Gasteiger partial charge in [-0.3, -0.25) is 4.79 Å². The summed E-state index contributed by atoms with van der Waals surface area (Å²) >= 11 is 0. The van der Waals surface area contributed by atoms with Crippen LogP contribution in [0.3, 0.4) is 0 Å². The normalized spacial score (nSPS) is 10.3. The summed E-state index contributed by atoms with van der Waals surface area (Å²) in [4.78, 5) is 14.3. The van der Waals surface area contributed by atoms with Gasteiger partial charge < -0.3 is 9.64 Å². The zero-order valence-electron chi connectivity index (χ0n) is 15.0. The molecule has 0 spiro atoms. The molecule has 3 aromatic carbocycles. The van der Waals surface area contributed by atoms with Gasteiger partial charge in [-0.25, -0.2) is 0 Å². The van der Waals surface area contributed by atoms with Crippen molar-refractivity contribution in [3.05, 3.63) is 102 Å². The summed E-state index contributed by atoms with van der Waals surface area (Å²) in [6, 6.07) is 27.5. The quantitative estimate of drug-likeness (QED) is 0.627. The van der Waals surface area contributed by atoms with Gasteiger partial charge in [0.15, 0.2) is 0 Å². The van der Waals surface area contributed by atoms with E-state index in [9.17, 15) is 4.79 Å². The molecule has 0 saturated heterocycles. The molecule has 3 rings (SSSR count). The van der Waals surface area contributed by atoms with Crippen LogP contribution >= 0.6 is 0 Å². The third kappa shape index (κ3) is 4.96. The first kappa shape index (κ1) is 17.7. The molecule has 0 aliphatic rings. The molecule has 0 radical (unpaired) electrons. The van der Waals surface area contributed by atoms with E-state index in [1.165, 1.54) is 5.56 Å². The Labute approximate surface area is 154 Å². The Morgan fingerprint density at radius 2 is 1.42 bits per heavy atom. The predicted molar refractivity (Wildman–Crippen MR) is 104 cm³/mol. The van der Waals surface area contributed by atoms with Crippen LogP contribution in [0.4, 0.5) is 0 Å². The van der Waals surface area contributed by atoms with Crippen molar-refractivity contribution in [1.82, 2.24) is 4.90 Å². The van der Waals surface area contributed by atoms with E-state index in [0.717, 1.165) is 17.7 Å². The Hall–Kier alpha value is -3.07. The van der Waals surface area contributed by atoms with E-state index in [0.29, 0.717) is 18.7 Å². The van der Waals surface area contributed by atoms with Gasteiger partial charge in [0.1, 0.15) is 12.4 Å². The summed E-state index contributed by atoms with van der Waals surface area (Å²) in [7, 11) is 1.84. The molecule has 3 nitrogen and oxygen atoms in total. The summed E-state index contributed by atoms with van der Waals surface area (Å²) in [5.74, 6) is 0.879. The number of hydrogen-bond acceptors (Lipinski definition) is 2. The number of carbonyl (C=O) groups is 1. The standard InChI is InChI=1S/C23H23NO2/c1-24(17-16-19-8-4-2-5-9-19)23(25)21-14-12-20(13-15-21)18-26-22-10-6-3-7-11-22/h2-15H,16-18H2,1H3. The van der Waals surface area contributed by atoms with Crippen molar-refractivity contribution in [1.29, 1.82) is 0 Å². The van der Waals surface area contributed by atoms with Gasteiger partial charge >= 0.3 is 0 Å². The maximum atomic E-state index is 12.6. The second-order valence-corrected chi connectivity index (χ2v) is 6.26. The number of carbonyl (C=O) groups excluding carboxylic acids is 1. The van der Waals surface area contributed by atoms with Gasteiger partial charge in [0, 0.05) is 19.2 Å². The topological polar surface area (TPSA) is 29.5 Å². The molecule has 0 heterocycles. The van der Waals surface area contributed by atoms with Crippen molar-refractivity contribution in [3.8, 4) is 5.75 Å². The number of amides is 1. The highest BCUT2D eigenvalue weighted by Gasteiger charge is 2.11. The number of para-hydroxylation sites is 1. The van der Waals surface area contributed by atoms with Gasteiger partial charge in [0.2, 0.25) is 0 Å². The van der Waals surface area contributed by atoms with E-state index in [1.807, 2.05) is 79.8 Å². The molecule has 132 valence electrons. The summed E-state index contributed by atoms with van der Waals surface area (Å²) in [5.41, 5.74) is 2.97. The lowest BCUT2D eigenvalue weighted by Crippen LogP contribution is -2.28. The van der Waals surface area contributed by atoms with Gasteiger partial charge in [-0.1, -0.05) is 60.7 Å². The second kappa shape index (κ2) is 8.86. The molecule has 0 saturated carbocycles. The Kier molecular flexibility index (Phi) is 6.05. The van der Waals surface area contributed by atoms with E-state index in [2.05, 4.69) is 12.1 Å². The van der Waals surface area contributed by atoms with Crippen LogP contribution in [-0.4, -0.2) is 24.4 Å². The van der Waals surface area contributed by atoms with Gasteiger partial charge in [-0.2, -0.15) is 0 Å². The van der Waals surface area contributed by atoms with Crippen LogP contribution in [0.2, 0.25) is 0 Å². The molecule has 3 heteroatoms. The Balaban J connectivity index is 1.52. The van der Waals surface area contributed by atoms with Crippen LogP contribution in [0, 0.1) is 0 Å². The fourth-order valence-electron chi connectivity index (χ4n) is 2.69. The zero-order valence-corrected chi connectivity index (χ0v) is 15.0. The van der Waals surface area contributed by atoms with Crippen molar-refractivity contribution < 1.29 is 9.53 Å². The molecule has 0 aliphatic heterocycles. The number of benzene rings is 3. The van der Waals surface area contributed by atoms with Crippen LogP contribution in [-0.2, 0) is 13.0 Å². The van der Waals surface area contributed by atoms with Crippen LogP contribution in [0.25, 0.3) is 0 Å². The lowest BCUT2D eigenvalue weighted by Gasteiger charge is -2.17. The number of ether oxygens (including phenoxy) is 1. The Morgan fingerprint density at radius 1 is 0.808 bits per heavy atom. The average Bonchev–Trinajstić information content (AvgIpc) is 2.72. The van der Waals surface area contributed by atoms with Crippen molar-refractivity contribution >= 4 is 5.91 Å². The van der Waals surface area contributed by atoms with Gasteiger partial charge in [0.25, 0.3) is 5.91 Å². The maximum absolute atomic E-state index is 12.6. The fourth-order valence-corrected chi connectivity index (χ4v) is 2.69. The number of hydrogen-bond donors (Lipinski definition) is 0. The number of likely N-dealkylation sites (N-methyl/N-ethyl adjacent to an activating group) is 1. The third-order valence-electron chi connectivity index (χ3n) is 4.28. The summed E-state index contributed by atoms with van der Waals surface area (Å²) in [6.07, 6.45) is 0.853. The second-order valence-electron chi connectivity index (χ2n) is 6.26. The number of rotatable bonds is 7. The molecule has 0 aliphatic carbocycles. The van der Waals surface area contributed by atoms with Crippen molar-refractivity contribution in [2.75, 3.05) is 13.6 Å². The highest BCUT2D eigenvalue weighted by Crippen LogP contribution is 2.13. The Morgan fingerprint density at radius 3 is 2.08 bits per heavy atom. The molecule has 0 unspecified atom stereocenters. The van der Waals surface area contributed by atoms with E-state index < -0.39 is 0 Å². The van der Waals surface area contributed by atoms with Crippen LogP contribution in [0.15, 0.2) is 84.9 Å². The Bertz CT molecular complexity index is 814. The first-order valence-corrected chi connectivity index (χ1v) is 8.78. The largest absolute Gasteiger partial charge is 0.489 e. The molecule has 0 aromatic heterocycles. The van der Waals surface area contributed by atoms with Crippen molar-refractivity contribution in [3.63, 3.8) is 0 Å². The van der Waals surface area contributed by atoms with E-state index in [-0.39, 0.29) is 5.91 Å². The maximum Gasteiger partial charge on any atom is 0.253 e. The minimum atomic E-state index is 0.0384. The highest BCUT2D eigenvalue weighted by molar-refractivity contribution is 5.94. The van der Waals surface area contributed by atoms with Crippen molar-refractivity contribution in [2.24, 2.45) is 0 Å². The third-order valence-corrected chi connectivity index (χ3v) is 4.28. The molecule has 3 aromatic rings. The fraction of sp³-hybridized carbons (Fsp3) is 0.174. The van der Waals surface area contributed by atoms with Crippen LogP contribution < -0.4 is 4.74 Å². The molecule has 0 N–H and O–H groups in total. The monoisotopic (exact) mass is 345 g/mol. The first-order chi connectivity index (χ1) is 12.7. The summed E-state index contributed by atoms with van der Waals surface area (Å²) in [6.45, 7) is 1.18. The summed E-state index contributed by atoms with van der Waals surface area (Å²) in [5, 5.41) is 0. The lowest BCUT2D eigenvalue weighted by molar-refractivity contribution is 0.0796. The van der Waals surface area contributed by atoms with Gasteiger partial charge in [-0.05, 0) is 41.8 Å². The first-order valence-electron chi connectivity index (χ1n) is 8.78. The molecule has 0 fully saturated rings. The molecule has 26 heavy (non-hydrogen) atoms. The van der Waals surface area contributed by atoms with E-state index in [1.54, 1.807) is 4.90 Å². The van der Waals surface area contributed by atoms with E-state index in [4.69, 9.17) is 4.74 Å².